The zero-order valence-electron chi connectivity index (χ0n) is 12.2. The summed E-state index contributed by atoms with van der Waals surface area (Å²) in [6.45, 7) is 5.44. The number of ether oxygens (including phenoxy) is 1. The highest BCUT2D eigenvalue weighted by Crippen LogP contribution is 2.08. The van der Waals surface area contributed by atoms with Gasteiger partial charge in [-0.1, -0.05) is 6.92 Å². The molecule has 0 spiro atoms. The van der Waals surface area contributed by atoms with Gasteiger partial charge < -0.3 is 10.1 Å². The van der Waals surface area contributed by atoms with Gasteiger partial charge in [-0.25, -0.2) is 9.67 Å². The maximum absolute atomic E-state index is 11.9. The molecule has 0 radical (unpaired) electrons. The van der Waals surface area contributed by atoms with Crippen LogP contribution in [0.5, 0.6) is 0 Å². The van der Waals surface area contributed by atoms with Crippen LogP contribution in [-0.4, -0.2) is 46.3 Å². The minimum absolute atomic E-state index is 0.171. The van der Waals surface area contributed by atoms with Gasteiger partial charge in [-0.3, -0.25) is 4.79 Å². The molecule has 6 nitrogen and oxygen atoms in total. The molecule has 1 aliphatic heterocycles. The number of carbonyl (C=O) groups is 1. The minimum atomic E-state index is 0.171. The molecule has 1 N–H and O–H groups in total. The van der Waals surface area contributed by atoms with Gasteiger partial charge in [0.25, 0.3) is 0 Å². The van der Waals surface area contributed by atoms with Crippen molar-refractivity contribution in [3.05, 3.63) is 12.2 Å². The maximum Gasteiger partial charge on any atom is 0.142 e. The van der Waals surface area contributed by atoms with E-state index in [9.17, 15) is 4.79 Å². The number of piperidine rings is 1. The highest BCUT2D eigenvalue weighted by Gasteiger charge is 2.14. The van der Waals surface area contributed by atoms with Gasteiger partial charge in [0, 0.05) is 13.0 Å². The Bertz CT molecular complexity index is 413. The van der Waals surface area contributed by atoms with Crippen molar-refractivity contribution >= 4 is 5.78 Å². The molecule has 20 heavy (non-hydrogen) atoms. The highest BCUT2D eigenvalue weighted by molar-refractivity contribution is 5.80. The van der Waals surface area contributed by atoms with E-state index in [-0.39, 0.29) is 5.78 Å². The van der Waals surface area contributed by atoms with Crippen molar-refractivity contribution in [1.82, 2.24) is 20.1 Å². The lowest BCUT2D eigenvalue weighted by Crippen LogP contribution is -2.32. The second-order valence-corrected chi connectivity index (χ2v) is 5.19. The Labute approximate surface area is 119 Å². The van der Waals surface area contributed by atoms with E-state index < -0.39 is 0 Å². The van der Waals surface area contributed by atoms with Gasteiger partial charge in [0.05, 0.1) is 19.1 Å². The Balaban J connectivity index is 1.68. The Morgan fingerprint density at radius 3 is 3.05 bits per heavy atom. The molecule has 0 saturated carbocycles. The standard InChI is InChI=1S/C14H24N4O2/c1-2-8-18-14(16-11-17-18)10-12(19)5-9-20-13-3-6-15-7-4-13/h11,13,15H,2-10H2,1H3. The van der Waals surface area contributed by atoms with E-state index in [0.717, 1.165) is 44.7 Å². The van der Waals surface area contributed by atoms with Gasteiger partial charge in [-0.2, -0.15) is 5.10 Å². The third kappa shape index (κ3) is 4.68. The van der Waals surface area contributed by atoms with E-state index in [1.807, 2.05) is 4.68 Å². The molecule has 1 aromatic heterocycles. The van der Waals surface area contributed by atoms with Crippen LogP contribution in [0.4, 0.5) is 0 Å². The lowest BCUT2D eigenvalue weighted by atomic mass is 10.1. The van der Waals surface area contributed by atoms with Crippen LogP contribution in [0.25, 0.3) is 0 Å². The van der Waals surface area contributed by atoms with Gasteiger partial charge in [0.15, 0.2) is 0 Å². The van der Waals surface area contributed by atoms with Crippen LogP contribution in [0.3, 0.4) is 0 Å². The third-order valence-corrected chi connectivity index (χ3v) is 3.51. The highest BCUT2D eigenvalue weighted by atomic mass is 16.5. The van der Waals surface area contributed by atoms with Crippen LogP contribution >= 0.6 is 0 Å². The molecular weight excluding hydrogens is 256 g/mol. The fourth-order valence-electron chi connectivity index (χ4n) is 2.39. The van der Waals surface area contributed by atoms with E-state index in [1.165, 1.54) is 6.33 Å². The summed E-state index contributed by atoms with van der Waals surface area (Å²) in [5, 5.41) is 7.42. The Kier molecular flexibility index (Phi) is 6.14. The number of aryl methyl sites for hydroxylation is 1. The topological polar surface area (TPSA) is 69.0 Å². The fraction of sp³-hybridized carbons (Fsp3) is 0.786. The summed E-state index contributed by atoms with van der Waals surface area (Å²) < 4.78 is 7.56. The molecule has 2 heterocycles. The van der Waals surface area contributed by atoms with Gasteiger partial charge in [0.2, 0.25) is 0 Å². The summed E-state index contributed by atoms with van der Waals surface area (Å²) in [6.07, 6.45) is 5.72. The number of hydrogen-bond donors (Lipinski definition) is 1. The number of aromatic nitrogens is 3. The Morgan fingerprint density at radius 2 is 2.30 bits per heavy atom. The van der Waals surface area contributed by atoms with Crippen molar-refractivity contribution in [2.45, 2.75) is 51.7 Å². The van der Waals surface area contributed by atoms with Crippen molar-refractivity contribution in [3.63, 3.8) is 0 Å². The second kappa shape index (κ2) is 8.11. The zero-order chi connectivity index (χ0) is 14.2. The molecule has 6 heteroatoms. The van der Waals surface area contributed by atoms with Crippen molar-refractivity contribution < 1.29 is 9.53 Å². The SMILES string of the molecule is CCCn1ncnc1CC(=O)CCOC1CCNCC1. The summed E-state index contributed by atoms with van der Waals surface area (Å²) in [5.41, 5.74) is 0. The average molecular weight is 280 g/mol. The molecule has 2 rings (SSSR count). The van der Waals surface area contributed by atoms with E-state index in [0.29, 0.717) is 25.6 Å². The normalized spacial score (nSPS) is 16.4. The molecule has 0 aromatic carbocycles. The Morgan fingerprint density at radius 1 is 1.50 bits per heavy atom. The zero-order valence-corrected chi connectivity index (χ0v) is 12.2. The first-order valence-corrected chi connectivity index (χ1v) is 7.50. The van der Waals surface area contributed by atoms with Crippen LogP contribution in [0.15, 0.2) is 6.33 Å². The van der Waals surface area contributed by atoms with Crippen molar-refractivity contribution in [1.29, 1.82) is 0 Å². The third-order valence-electron chi connectivity index (χ3n) is 3.51. The molecule has 0 bridgehead atoms. The molecule has 0 aliphatic carbocycles. The molecule has 1 aliphatic rings. The van der Waals surface area contributed by atoms with Gasteiger partial charge in [0.1, 0.15) is 17.9 Å². The number of nitrogens with zero attached hydrogens (tertiary/aromatic N) is 3. The maximum atomic E-state index is 11.9. The van der Waals surface area contributed by atoms with Gasteiger partial charge >= 0.3 is 0 Å². The molecule has 1 fully saturated rings. The van der Waals surface area contributed by atoms with Crippen LogP contribution in [-0.2, 0) is 22.5 Å². The molecule has 0 atom stereocenters. The number of hydrogen-bond acceptors (Lipinski definition) is 5. The fourth-order valence-corrected chi connectivity index (χ4v) is 2.39. The summed E-state index contributed by atoms with van der Waals surface area (Å²) >= 11 is 0. The van der Waals surface area contributed by atoms with Crippen LogP contribution in [0, 0.1) is 0 Å². The van der Waals surface area contributed by atoms with E-state index in [2.05, 4.69) is 22.3 Å². The Hall–Kier alpha value is -1.27. The van der Waals surface area contributed by atoms with E-state index in [4.69, 9.17) is 4.74 Å². The first kappa shape index (κ1) is 15.1. The first-order valence-electron chi connectivity index (χ1n) is 7.50. The second-order valence-electron chi connectivity index (χ2n) is 5.19. The smallest absolute Gasteiger partial charge is 0.142 e. The molecule has 0 unspecified atom stereocenters. The summed E-state index contributed by atoms with van der Waals surface area (Å²) in [5.74, 6) is 0.933. The predicted octanol–water partition coefficient (Wildman–Crippen LogP) is 0.958. The number of carbonyl (C=O) groups excluding carboxylic acids is 1. The molecule has 112 valence electrons. The summed E-state index contributed by atoms with van der Waals surface area (Å²) in [7, 11) is 0. The van der Waals surface area contributed by atoms with Crippen molar-refractivity contribution in [3.8, 4) is 0 Å². The first-order chi connectivity index (χ1) is 9.79. The van der Waals surface area contributed by atoms with Crippen LogP contribution < -0.4 is 5.32 Å². The van der Waals surface area contributed by atoms with Crippen molar-refractivity contribution in [2.75, 3.05) is 19.7 Å². The van der Waals surface area contributed by atoms with Gasteiger partial charge in [-0.05, 0) is 32.4 Å². The van der Waals surface area contributed by atoms with Crippen LogP contribution in [0.2, 0.25) is 0 Å². The summed E-state index contributed by atoms with van der Waals surface area (Å²) in [4.78, 5) is 16.1. The van der Waals surface area contributed by atoms with E-state index >= 15 is 0 Å². The minimum Gasteiger partial charge on any atom is -0.378 e. The quantitative estimate of drug-likeness (QED) is 0.768. The lowest BCUT2D eigenvalue weighted by molar-refractivity contribution is -0.120. The van der Waals surface area contributed by atoms with Gasteiger partial charge in [-0.15, -0.1) is 0 Å². The number of rotatable bonds is 8. The van der Waals surface area contributed by atoms with E-state index in [1.54, 1.807) is 0 Å². The molecule has 1 aromatic rings. The number of ketones is 1. The van der Waals surface area contributed by atoms with Crippen molar-refractivity contribution in [2.24, 2.45) is 0 Å². The number of Topliss-reactive ketones (excluding diaryl/α,β-unsaturated/α-hetero) is 1. The predicted molar refractivity (Wildman–Crippen MR) is 75.5 cm³/mol. The summed E-state index contributed by atoms with van der Waals surface area (Å²) in [6, 6.07) is 0. The average Bonchev–Trinajstić information content (AvgIpc) is 2.88. The lowest BCUT2D eigenvalue weighted by Gasteiger charge is -2.22. The largest absolute Gasteiger partial charge is 0.378 e. The molecular formula is C14H24N4O2. The monoisotopic (exact) mass is 280 g/mol. The number of nitrogens with one attached hydrogen (secondary N) is 1. The molecule has 1 saturated heterocycles. The molecule has 0 amide bonds. The van der Waals surface area contributed by atoms with Crippen LogP contribution in [0.1, 0.15) is 38.4 Å².